The Bertz CT molecular complexity index is 362. The Morgan fingerprint density at radius 3 is 2.88 bits per heavy atom. The van der Waals surface area contributed by atoms with Gasteiger partial charge in [-0.3, -0.25) is 0 Å². The molecule has 1 saturated carbocycles. The van der Waals surface area contributed by atoms with Crippen LogP contribution in [-0.2, 0) is 5.54 Å². The summed E-state index contributed by atoms with van der Waals surface area (Å²) in [4.78, 5) is 1.55. The maximum atomic E-state index is 3.88. The molecule has 0 spiro atoms. The second-order valence-electron chi connectivity index (χ2n) is 5.08. The molecule has 2 aliphatic rings. The summed E-state index contributed by atoms with van der Waals surface area (Å²) in [6.45, 7) is 1.20. The van der Waals surface area contributed by atoms with Crippen molar-refractivity contribution in [3.05, 3.63) is 20.8 Å². The quantitative estimate of drug-likeness (QED) is 0.859. The average Bonchev–Trinajstić information content (AvgIpc) is 3.07. The van der Waals surface area contributed by atoms with Crippen LogP contribution in [-0.4, -0.2) is 6.54 Å². The fourth-order valence-corrected chi connectivity index (χ4v) is 5.03. The highest BCUT2D eigenvalue weighted by Gasteiger charge is 2.47. The van der Waals surface area contributed by atoms with Gasteiger partial charge in [0.2, 0.25) is 0 Å². The van der Waals surface area contributed by atoms with Gasteiger partial charge in [0.05, 0.1) is 5.54 Å². The van der Waals surface area contributed by atoms with Crippen LogP contribution < -0.4 is 5.32 Å². The first kappa shape index (κ1) is 11.2. The lowest BCUT2D eigenvalue weighted by atomic mass is 9.86. The SMILES string of the molecule is Brc1ccsc1C1(C2CC2)CCCCCN1. The average molecular weight is 300 g/mol. The van der Waals surface area contributed by atoms with Gasteiger partial charge in [-0.15, -0.1) is 11.3 Å². The summed E-state index contributed by atoms with van der Waals surface area (Å²) in [5.74, 6) is 0.889. The van der Waals surface area contributed by atoms with E-state index in [9.17, 15) is 0 Å². The smallest absolute Gasteiger partial charge is 0.0568 e. The predicted octanol–water partition coefficient (Wildman–Crippen LogP) is 4.28. The van der Waals surface area contributed by atoms with Crippen molar-refractivity contribution in [3.63, 3.8) is 0 Å². The highest BCUT2D eigenvalue weighted by atomic mass is 79.9. The van der Waals surface area contributed by atoms with Crippen LogP contribution in [0.5, 0.6) is 0 Å². The molecule has 1 aromatic heterocycles. The Kier molecular flexibility index (Phi) is 3.11. The second kappa shape index (κ2) is 4.43. The Balaban J connectivity index is 1.98. The van der Waals surface area contributed by atoms with Crippen molar-refractivity contribution in [2.75, 3.05) is 6.54 Å². The number of halogens is 1. The summed E-state index contributed by atoms with van der Waals surface area (Å²) in [7, 11) is 0. The molecule has 1 N–H and O–H groups in total. The monoisotopic (exact) mass is 299 g/mol. The molecule has 3 rings (SSSR count). The maximum absolute atomic E-state index is 3.88. The van der Waals surface area contributed by atoms with Crippen LogP contribution in [0.1, 0.15) is 43.4 Å². The molecule has 1 aliphatic carbocycles. The fraction of sp³-hybridized carbons (Fsp3) is 0.692. The van der Waals surface area contributed by atoms with Gasteiger partial charge in [-0.2, -0.15) is 0 Å². The third-order valence-corrected chi connectivity index (χ3v) is 6.00. The summed E-state index contributed by atoms with van der Waals surface area (Å²) in [5, 5.41) is 6.10. The minimum atomic E-state index is 0.309. The van der Waals surface area contributed by atoms with Gasteiger partial charge < -0.3 is 5.32 Å². The van der Waals surface area contributed by atoms with E-state index in [0.29, 0.717) is 5.54 Å². The summed E-state index contributed by atoms with van der Waals surface area (Å²) < 4.78 is 1.32. The number of hydrogen-bond donors (Lipinski definition) is 1. The number of nitrogens with one attached hydrogen (secondary N) is 1. The lowest BCUT2D eigenvalue weighted by Gasteiger charge is -2.34. The third-order valence-electron chi connectivity index (χ3n) is 3.98. The van der Waals surface area contributed by atoms with E-state index in [0.717, 1.165) is 5.92 Å². The lowest BCUT2D eigenvalue weighted by Crippen LogP contribution is -2.43. The van der Waals surface area contributed by atoms with Crippen LogP contribution in [0.15, 0.2) is 15.9 Å². The highest BCUT2D eigenvalue weighted by Crippen LogP contribution is 2.52. The summed E-state index contributed by atoms with van der Waals surface area (Å²) in [6.07, 6.45) is 8.28. The molecule has 1 atom stereocenters. The van der Waals surface area contributed by atoms with Crippen LogP contribution in [0.4, 0.5) is 0 Å². The van der Waals surface area contributed by atoms with Crippen LogP contribution >= 0.6 is 27.3 Å². The van der Waals surface area contributed by atoms with E-state index in [1.54, 1.807) is 4.88 Å². The zero-order chi connectivity index (χ0) is 11.0. The number of hydrogen-bond acceptors (Lipinski definition) is 2. The number of thiophene rings is 1. The van der Waals surface area contributed by atoms with Crippen molar-refractivity contribution in [2.45, 2.75) is 44.1 Å². The van der Waals surface area contributed by atoms with Gasteiger partial charge >= 0.3 is 0 Å². The molecular formula is C13H18BrNS. The molecule has 1 nitrogen and oxygen atoms in total. The first-order valence-electron chi connectivity index (χ1n) is 6.31. The molecule has 1 aromatic rings. The van der Waals surface area contributed by atoms with Crippen LogP contribution in [0.2, 0.25) is 0 Å². The summed E-state index contributed by atoms with van der Waals surface area (Å²) in [5.41, 5.74) is 0.309. The topological polar surface area (TPSA) is 12.0 Å². The van der Waals surface area contributed by atoms with Crippen molar-refractivity contribution in [1.82, 2.24) is 5.32 Å². The first-order chi connectivity index (χ1) is 7.83. The molecule has 2 heterocycles. The second-order valence-corrected chi connectivity index (χ2v) is 6.85. The van der Waals surface area contributed by atoms with Crippen molar-refractivity contribution in [2.24, 2.45) is 5.92 Å². The molecular weight excluding hydrogens is 282 g/mol. The molecule has 0 radical (unpaired) electrons. The molecule has 1 saturated heterocycles. The van der Waals surface area contributed by atoms with Gasteiger partial charge in [0, 0.05) is 9.35 Å². The van der Waals surface area contributed by atoms with Crippen LogP contribution in [0.3, 0.4) is 0 Å². The summed E-state index contributed by atoms with van der Waals surface area (Å²) in [6, 6.07) is 2.21. The Morgan fingerprint density at radius 2 is 2.19 bits per heavy atom. The zero-order valence-corrected chi connectivity index (χ0v) is 11.9. The molecule has 3 heteroatoms. The van der Waals surface area contributed by atoms with E-state index < -0.39 is 0 Å². The first-order valence-corrected chi connectivity index (χ1v) is 7.99. The fourth-order valence-electron chi connectivity index (χ4n) is 3.02. The van der Waals surface area contributed by atoms with Crippen LogP contribution in [0.25, 0.3) is 0 Å². The molecule has 1 aliphatic heterocycles. The van der Waals surface area contributed by atoms with Gasteiger partial charge in [0.15, 0.2) is 0 Å². The zero-order valence-electron chi connectivity index (χ0n) is 9.47. The molecule has 1 unspecified atom stereocenters. The van der Waals surface area contributed by atoms with Gasteiger partial charge in [-0.05, 0) is 65.5 Å². The molecule has 16 heavy (non-hydrogen) atoms. The molecule has 2 fully saturated rings. The minimum absolute atomic E-state index is 0.309. The van der Waals surface area contributed by atoms with Crippen LogP contribution in [0, 0.1) is 5.92 Å². The molecule has 88 valence electrons. The maximum Gasteiger partial charge on any atom is 0.0568 e. The van der Waals surface area contributed by atoms with E-state index in [-0.39, 0.29) is 0 Å². The van der Waals surface area contributed by atoms with E-state index in [1.807, 2.05) is 11.3 Å². The largest absolute Gasteiger partial charge is 0.306 e. The summed E-state index contributed by atoms with van der Waals surface area (Å²) >= 11 is 5.65. The third kappa shape index (κ3) is 1.87. The van der Waals surface area contributed by atoms with E-state index in [1.165, 1.54) is 49.5 Å². The predicted molar refractivity (Wildman–Crippen MR) is 72.9 cm³/mol. The van der Waals surface area contributed by atoms with Crippen molar-refractivity contribution >= 4 is 27.3 Å². The van der Waals surface area contributed by atoms with E-state index >= 15 is 0 Å². The van der Waals surface area contributed by atoms with E-state index in [4.69, 9.17) is 0 Å². The molecule has 0 amide bonds. The minimum Gasteiger partial charge on any atom is -0.306 e. The van der Waals surface area contributed by atoms with Crippen molar-refractivity contribution in [3.8, 4) is 0 Å². The lowest BCUT2D eigenvalue weighted by molar-refractivity contribution is 0.284. The van der Waals surface area contributed by atoms with Gasteiger partial charge in [-0.1, -0.05) is 12.8 Å². The van der Waals surface area contributed by atoms with Crippen molar-refractivity contribution in [1.29, 1.82) is 0 Å². The van der Waals surface area contributed by atoms with Crippen molar-refractivity contribution < 1.29 is 0 Å². The Labute approximate surface area is 110 Å². The van der Waals surface area contributed by atoms with Gasteiger partial charge in [0.1, 0.15) is 0 Å². The Hall–Kier alpha value is 0.140. The highest BCUT2D eigenvalue weighted by molar-refractivity contribution is 9.10. The molecule has 0 aromatic carbocycles. The van der Waals surface area contributed by atoms with E-state index in [2.05, 4.69) is 32.7 Å². The van der Waals surface area contributed by atoms with Gasteiger partial charge in [0.25, 0.3) is 0 Å². The van der Waals surface area contributed by atoms with Gasteiger partial charge in [-0.25, -0.2) is 0 Å². The normalized spacial score (nSPS) is 31.3. The molecule has 0 bridgehead atoms. The Morgan fingerprint density at radius 1 is 1.31 bits per heavy atom. The standard InChI is InChI=1S/C13H18BrNS/c14-11-6-9-16-12(11)13(10-4-5-10)7-2-1-3-8-15-13/h6,9-10,15H,1-5,7-8H2. The number of rotatable bonds is 2.